The number of amides is 2. The van der Waals surface area contributed by atoms with E-state index in [9.17, 15) is 9.59 Å². The van der Waals surface area contributed by atoms with Gasteiger partial charge in [0.2, 0.25) is 5.91 Å². The molecule has 0 saturated carbocycles. The predicted octanol–water partition coefficient (Wildman–Crippen LogP) is 3.12. The van der Waals surface area contributed by atoms with E-state index in [2.05, 4.69) is 22.8 Å². The summed E-state index contributed by atoms with van der Waals surface area (Å²) in [6, 6.07) is 17.4. The Bertz CT molecular complexity index is 791. The van der Waals surface area contributed by atoms with Crippen molar-refractivity contribution in [3.63, 3.8) is 0 Å². The number of nitrogens with one attached hydrogen (secondary N) is 2. The van der Waals surface area contributed by atoms with Crippen molar-refractivity contribution >= 4 is 24.4 Å². The monoisotopic (exact) mass is 431 g/mol. The van der Waals surface area contributed by atoms with Crippen molar-refractivity contribution in [3.05, 3.63) is 71.3 Å². The molecule has 2 aromatic rings. The Balaban J connectivity index is 0.00000320. The molecular weight excluding hydrogens is 402 g/mol. The van der Waals surface area contributed by atoms with Crippen LogP contribution in [0.4, 0.5) is 4.79 Å². The molecule has 0 aromatic heterocycles. The maximum atomic E-state index is 12.3. The van der Waals surface area contributed by atoms with Crippen LogP contribution in [0.3, 0.4) is 0 Å². The fourth-order valence-electron chi connectivity index (χ4n) is 3.55. The lowest BCUT2D eigenvalue weighted by Gasteiger charge is -2.16. The molecule has 30 heavy (non-hydrogen) atoms. The third-order valence-electron chi connectivity index (χ3n) is 5.16. The van der Waals surface area contributed by atoms with Gasteiger partial charge in [-0.25, -0.2) is 4.79 Å². The Morgan fingerprint density at radius 2 is 1.63 bits per heavy atom. The number of rotatable bonds is 9. The minimum Gasteiger partial charge on any atom is -0.445 e. The topological polar surface area (TPSA) is 93.4 Å². The average molecular weight is 432 g/mol. The summed E-state index contributed by atoms with van der Waals surface area (Å²) in [4.78, 5) is 24.0. The summed E-state index contributed by atoms with van der Waals surface area (Å²) in [7, 11) is 0. The van der Waals surface area contributed by atoms with Gasteiger partial charge < -0.3 is 21.1 Å². The summed E-state index contributed by atoms with van der Waals surface area (Å²) in [6.45, 7) is 0.753. The highest BCUT2D eigenvalue weighted by atomic mass is 35.5. The Labute approximate surface area is 184 Å². The number of carbonyl (C=O) groups excluding carboxylic acids is 2. The molecular formula is C23H30ClN3O3. The van der Waals surface area contributed by atoms with Crippen LogP contribution in [-0.4, -0.2) is 30.6 Å². The van der Waals surface area contributed by atoms with E-state index in [1.165, 1.54) is 11.1 Å². The minimum atomic E-state index is -0.524. The number of unbranched alkanes of at least 4 members (excludes halogenated alkanes) is 1. The van der Waals surface area contributed by atoms with Crippen LogP contribution in [-0.2, 0) is 29.0 Å². The first-order valence-electron chi connectivity index (χ1n) is 10.2. The fraction of sp³-hybridized carbons (Fsp3) is 0.391. The van der Waals surface area contributed by atoms with Crippen LogP contribution in [0, 0.1) is 0 Å². The van der Waals surface area contributed by atoms with Crippen LogP contribution in [0.15, 0.2) is 54.6 Å². The Kier molecular flexibility index (Phi) is 9.64. The molecule has 162 valence electrons. The highest BCUT2D eigenvalue weighted by Crippen LogP contribution is 2.21. The van der Waals surface area contributed by atoms with Gasteiger partial charge in [-0.2, -0.15) is 0 Å². The van der Waals surface area contributed by atoms with Gasteiger partial charge in [0.05, 0.1) is 6.04 Å². The van der Waals surface area contributed by atoms with Gasteiger partial charge in [0.15, 0.2) is 0 Å². The standard InChI is InChI=1S/C23H29N3O3.ClH/c24-21(22(27)26-20-14-18-10-4-5-11-19(18)15-20)12-6-7-13-25-23(28)29-16-17-8-2-1-3-9-17;/h1-5,8-11,20-21H,6-7,12-16,24H2,(H,25,28)(H,26,27);1H/t21-;/m0./s1. The van der Waals surface area contributed by atoms with Crippen LogP contribution in [0.25, 0.3) is 0 Å². The number of nitrogens with two attached hydrogens (primary N) is 1. The molecule has 0 fully saturated rings. The van der Waals surface area contributed by atoms with Crippen molar-refractivity contribution in [1.29, 1.82) is 0 Å². The molecule has 0 spiro atoms. The molecule has 0 aliphatic heterocycles. The SMILES string of the molecule is Cl.N[C@@H](CCCCNC(=O)OCc1ccccc1)C(=O)NC1Cc2ccccc2C1. The van der Waals surface area contributed by atoms with Crippen molar-refractivity contribution < 1.29 is 14.3 Å². The first-order valence-corrected chi connectivity index (χ1v) is 10.2. The number of fused-ring (bicyclic) bond motifs is 1. The van der Waals surface area contributed by atoms with E-state index in [0.29, 0.717) is 13.0 Å². The molecule has 4 N–H and O–H groups in total. The van der Waals surface area contributed by atoms with E-state index in [1.54, 1.807) is 0 Å². The van der Waals surface area contributed by atoms with E-state index in [0.717, 1.165) is 31.2 Å². The Hall–Kier alpha value is -2.57. The zero-order chi connectivity index (χ0) is 20.5. The summed E-state index contributed by atoms with van der Waals surface area (Å²) in [5, 5.41) is 5.79. The highest BCUT2D eigenvalue weighted by Gasteiger charge is 2.24. The number of benzene rings is 2. The van der Waals surface area contributed by atoms with Gasteiger partial charge in [-0.05, 0) is 48.8 Å². The van der Waals surface area contributed by atoms with Crippen LogP contribution in [0.1, 0.15) is 36.0 Å². The number of halogens is 1. The van der Waals surface area contributed by atoms with Gasteiger partial charge in [-0.1, -0.05) is 54.6 Å². The second-order valence-electron chi connectivity index (χ2n) is 7.47. The Morgan fingerprint density at radius 1 is 1.00 bits per heavy atom. The fourth-order valence-corrected chi connectivity index (χ4v) is 3.55. The molecule has 1 aliphatic carbocycles. The number of carbonyl (C=O) groups is 2. The average Bonchev–Trinajstić information content (AvgIpc) is 3.14. The van der Waals surface area contributed by atoms with Crippen LogP contribution >= 0.6 is 12.4 Å². The maximum absolute atomic E-state index is 12.3. The molecule has 0 bridgehead atoms. The molecule has 2 aromatic carbocycles. The lowest BCUT2D eigenvalue weighted by Crippen LogP contribution is -2.45. The van der Waals surface area contributed by atoms with Crippen molar-refractivity contribution in [1.82, 2.24) is 10.6 Å². The van der Waals surface area contributed by atoms with E-state index < -0.39 is 12.1 Å². The molecule has 0 unspecified atom stereocenters. The van der Waals surface area contributed by atoms with Gasteiger partial charge in [0.1, 0.15) is 6.61 Å². The van der Waals surface area contributed by atoms with E-state index >= 15 is 0 Å². The number of hydrogen-bond acceptors (Lipinski definition) is 4. The number of alkyl carbamates (subject to hydrolysis) is 1. The summed E-state index contributed by atoms with van der Waals surface area (Å²) in [6.07, 6.45) is 3.39. The minimum absolute atomic E-state index is 0. The van der Waals surface area contributed by atoms with E-state index in [1.807, 2.05) is 42.5 Å². The van der Waals surface area contributed by atoms with Crippen molar-refractivity contribution in [2.45, 2.75) is 50.8 Å². The smallest absolute Gasteiger partial charge is 0.407 e. The summed E-state index contributed by atoms with van der Waals surface area (Å²) < 4.78 is 5.16. The lowest BCUT2D eigenvalue weighted by atomic mass is 10.1. The van der Waals surface area contributed by atoms with Crippen molar-refractivity contribution in [3.8, 4) is 0 Å². The van der Waals surface area contributed by atoms with E-state index in [-0.39, 0.29) is 31.0 Å². The largest absolute Gasteiger partial charge is 0.445 e. The maximum Gasteiger partial charge on any atom is 0.407 e. The van der Waals surface area contributed by atoms with Gasteiger partial charge in [-0.3, -0.25) is 4.79 Å². The van der Waals surface area contributed by atoms with Crippen LogP contribution < -0.4 is 16.4 Å². The molecule has 6 nitrogen and oxygen atoms in total. The summed E-state index contributed by atoms with van der Waals surface area (Å²) >= 11 is 0. The zero-order valence-corrected chi connectivity index (χ0v) is 17.8. The molecule has 1 aliphatic rings. The van der Waals surface area contributed by atoms with Crippen LogP contribution in [0.2, 0.25) is 0 Å². The number of hydrogen-bond donors (Lipinski definition) is 3. The van der Waals surface area contributed by atoms with Crippen molar-refractivity contribution in [2.24, 2.45) is 5.73 Å². The quantitative estimate of drug-likeness (QED) is 0.532. The lowest BCUT2D eigenvalue weighted by molar-refractivity contribution is -0.123. The van der Waals surface area contributed by atoms with E-state index in [4.69, 9.17) is 10.5 Å². The third-order valence-corrected chi connectivity index (χ3v) is 5.16. The molecule has 7 heteroatoms. The Morgan fingerprint density at radius 3 is 2.30 bits per heavy atom. The molecule has 0 saturated heterocycles. The molecule has 0 heterocycles. The second-order valence-corrected chi connectivity index (χ2v) is 7.47. The molecule has 3 rings (SSSR count). The zero-order valence-electron chi connectivity index (χ0n) is 17.0. The first-order chi connectivity index (χ1) is 14.1. The molecule has 1 atom stereocenters. The summed E-state index contributed by atoms with van der Waals surface area (Å²) in [5.41, 5.74) is 9.58. The van der Waals surface area contributed by atoms with Crippen molar-refractivity contribution in [2.75, 3.05) is 6.54 Å². The van der Waals surface area contributed by atoms with Gasteiger partial charge in [0, 0.05) is 12.6 Å². The van der Waals surface area contributed by atoms with Gasteiger partial charge >= 0.3 is 6.09 Å². The number of ether oxygens (including phenoxy) is 1. The first kappa shape index (κ1) is 23.7. The molecule has 2 amide bonds. The van der Waals surface area contributed by atoms with Gasteiger partial charge in [0.25, 0.3) is 0 Å². The third kappa shape index (κ3) is 7.35. The second kappa shape index (κ2) is 12.2. The molecule has 0 radical (unpaired) electrons. The van der Waals surface area contributed by atoms with Gasteiger partial charge in [-0.15, -0.1) is 12.4 Å². The van der Waals surface area contributed by atoms with Crippen LogP contribution in [0.5, 0.6) is 0 Å². The predicted molar refractivity (Wildman–Crippen MR) is 119 cm³/mol. The highest BCUT2D eigenvalue weighted by molar-refractivity contribution is 5.85. The summed E-state index contributed by atoms with van der Waals surface area (Å²) in [5.74, 6) is -0.0990. The normalized spacial score (nSPS) is 13.6.